The molecule has 0 saturated carbocycles. The maximum absolute atomic E-state index is 4.20. The normalized spacial score (nSPS) is 10.4. The smallest absolute Gasteiger partial charge is 0.202 e. The zero-order chi connectivity index (χ0) is 9.80. The Kier molecular flexibility index (Phi) is 2.73. The molecule has 0 fully saturated rings. The van der Waals surface area contributed by atoms with E-state index >= 15 is 0 Å². The molecular weight excluding hydrogens is 198 g/mol. The number of imidazole rings is 1. The van der Waals surface area contributed by atoms with Crippen LogP contribution in [0.15, 0.2) is 12.5 Å². The van der Waals surface area contributed by atoms with E-state index in [2.05, 4.69) is 24.6 Å². The van der Waals surface area contributed by atoms with Gasteiger partial charge in [0, 0.05) is 36.4 Å². The van der Waals surface area contributed by atoms with Gasteiger partial charge in [0.25, 0.3) is 0 Å². The third-order valence-corrected chi connectivity index (χ3v) is 2.52. The number of aromatic amines is 1. The van der Waals surface area contributed by atoms with Crippen molar-refractivity contribution in [1.29, 1.82) is 0 Å². The van der Waals surface area contributed by atoms with Crippen molar-refractivity contribution in [2.75, 3.05) is 11.9 Å². The summed E-state index contributed by atoms with van der Waals surface area (Å²) in [6.07, 6.45) is 4.43. The minimum Gasteiger partial charge on any atom is -0.360 e. The molecule has 2 aromatic rings. The molecule has 0 aromatic carbocycles. The minimum atomic E-state index is 0.819. The molecule has 0 unspecified atom stereocenters. The van der Waals surface area contributed by atoms with Crippen molar-refractivity contribution in [2.45, 2.75) is 13.3 Å². The molecule has 0 bridgehead atoms. The van der Waals surface area contributed by atoms with Crippen molar-refractivity contribution in [3.8, 4) is 0 Å². The zero-order valence-corrected chi connectivity index (χ0v) is 8.64. The largest absolute Gasteiger partial charge is 0.360 e. The van der Waals surface area contributed by atoms with Gasteiger partial charge < -0.3 is 10.3 Å². The molecular formula is C8H11N5S. The van der Waals surface area contributed by atoms with E-state index in [-0.39, 0.29) is 0 Å². The summed E-state index contributed by atoms with van der Waals surface area (Å²) >= 11 is 1.39. The van der Waals surface area contributed by atoms with Crippen LogP contribution in [0.4, 0.5) is 5.13 Å². The Balaban J connectivity index is 1.78. The van der Waals surface area contributed by atoms with Gasteiger partial charge in [-0.3, -0.25) is 0 Å². The topological polar surface area (TPSA) is 66.5 Å². The van der Waals surface area contributed by atoms with E-state index in [1.165, 1.54) is 11.5 Å². The fraction of sp³-hybridized carbons (Fsp3) is 0.375. The van der Waals surface area contributed by atoms with Gasteiger partial charge in [-0.25, -0.2) is 9.97 Å². The first-order valence-electron chi connectivity index (χ1n) is 4.36. The predicted molar refractivity (Wildman–Crippen MR) is 55.4 cm³/mol. The SMILES string of the molecule is Cc1nsc(NCCc2cnc[nH]2)n1. The number of H-pyrrole nitrogens is 1. The van der Waals surface area contributed by atoms with E-state index < -0.39 is 0 Å². The van der Waals surface area contributed by atoms with Crippen LogP contribution in [0.2, 0.25) is 0 Å². The molecule has 0 aliphatic heterocycles. The van der Waals surface area contributed by atoms with Gasteiger partial charge in [-0.05, 0) is 6.92 Å². The van der Waals surface area contributed by atoms with Crippen LogP contribution in [-0.2, 0) is 6.42 Å². The average Bonchev–Trinajstić information content (AvgIpc) is 2.77. The molecule has 0 saturated heterocycles. The molecule has 0 aliphatic rings. The van der Waals surface area contributed by atoms with Crippen LogP contribution in [0.25, 0.3) is 0 Å². The van der Waals surface area contributed by atoms with Crippen LogP contribution < -0.4 is 5.32 Å². The lowest BCUT2D eigenvalue weighted by Gasteiger charge is -1.98. The zero-order valence-electron chi connectivity index (χ0n) is 7.82. The third-order valence-electron chi connectivity index (χ3n) is 1.75. The van der Waals surface area contributed by atoms with E-state index in [1.54, 1.807) is 6.33 Å². The Morgan fingerprint density at radius 2 is 2.50 bits per heavy atom. The molecule has 0 aliphatic carbocycles. The van der Waals surface area contributed by atoms with Crippen LogP contribution in [0, 0.1) is 6.92 Å². The molecule has 14 heavy (non-hydrogen) atoms. The number of nitrogens with one attached hydrogen (secondary N) is 2. The fourth-order valence-electron chi connectivity index (χ4n) is 1.09. The maximum atomic E-state index is 4.20. The summed E-state index contributed by atoms with van der Waals surface area (Å²) in [4.78, 5) is 11.2. The summed E-state index contributed by atoms with van der Waals surface area (Å²) in [6, 6.07) is 0. The van der Waals surface area contributed by atoms with Gasteiger partial charge >= 0.3 is 0 Å². The van der Waals surface area contributed by atoms with E-state index in [9.17, 15) is 0 Å². The van der Waals surface area contributed by atoms with Crippen molar-refractivity contribution in [3.63, 3.8) is 0 Å². The van der Waals surface area contributed by atoms with E-state index in [0.29, 0.717) is 0 Å². The number of hydrogen-bond acceptors (Lipinski definition) is 5. The highest BCUT2D eigenvalue weighted by Crippen LogP contribution is 2.09. The highest BCUT2D eigenvalue weighted by atomic mass is 32.1. The lowest BCUT2D eigenvalue weighted by atomic mass is 10.3. The molecule has 2 heterocycles. The minimum absolute atomic E-state index is 0.819. The summed E-state index contributed by atoms with van der Waals surface area (Å²) in [6.45, 7) is 2.73. The first-order chi connectivity index (χ1) is 6.84. The van der Waals surface area contributed by atoms with Crippen molar-refractivity contribution in [3.05, 3.63) is 24.0 Å². The van der Waals surface area contributed by atoms with E-state index in [1.807, 2.05) is 13.1 Å². The molecule has 0 spiro atoms. The van der Waals surface area contributed by atoms with Crippen LogP contribution in [0.1, 0.15) is 11.5 Å². The first kappa shape index (κ1) is 9.14. The average molecular weight is 209 g/mol. The summed E-state index contributed by atoms with van der Waals surface area (Å²) in [7, 11) is 0. The number of aryl methyl sites for hydroxylation is 1. The van der Waals surface area contributed by atoms with Gasteiger partial charge in [-0.2, -0.15) is 4.37 Å². The number of nitrogens with zero attached hydrogens (tertiary/aromatic N) is 3. The lowest BCUT2D eigenvalue weighted by molar-refractivity contribution is 0.971. The van der Waals surface area contributed by atoms with E-state index in [4.69, 9.17) is 0 Å². The maximum Gasteiger partial charge on any atom is 0.202 e. The first-order valence-corrected chi connectivity index (χ1v) is 5.13. The van der Waals surface area contributed by atoms with Crippen molar-refractivity contribution in [2.24, 2.45) is 0 Å². The summed E-state index contributed by atoms with van der Waals surface area (Å²) in [5.74, 6) is 0.819. The van der Waals surface area contributed by atoms with E-state index in [0.717, 1.165) is 29.6 Å². The second-order valence-electron chi connectivity index (χ2n) is 2.90. The molecule has 74 valence electrons. The number of hydrogen-bond donors (Lipinski definition) is 2. The monoisotopic (exact) mass is 209 g/mol. The Hall–Kier alpha value is -1.43. The third kappa shape index (κ3) is 2.29. The van der Waals surface area contributed by atoms with Crippen molar-refractivity contribution >= 4 is 16.7 Å². The second kappa shape index (κ2) is 4.19. The molecule has 0 amide bonds. The lowest BCUT2D eigenvalue weighted by Crippen LogP contribution is -2.04. The van der Waals surface area contributed by atoms with Crippen LogP contribution in [0.3, 0.4) is 0 Å². The van der Waals surface area contributed by atoms with Gasteiger partial charge in [0.05, 0.1) is 6.33 Å². The molecule has 2 aromatic heterocycles. The number of anilines is 1. The second-order valence-corrected chi connectivity index (χ2v) is 3.65. The van der Waals surface area contributed by atoms with Crippen molar-refractivity contribution < 1.29 is 0 Å². The summed E-state index contributed by atoms with van der Waals surface area (Å²) in [5, 5.41) is 4.08. The summed E-state index contributed by atoms with van der Waals surface area (Å²) < 4.78 is 4.08. The highest BCUT2D eigenvalue weighted by molar-refractivity contribution is 7.09. The number of aromatic nitrogens is 4. The molecule has 0 atom stereocenters. The van der Waals surface area contributed by atoms with Crippen LogP contribution in [0.5, 0.6) is 0 Å². The molecule has 6 heteroatoms. The van der Waals surface area contributed by atoms with Crippen molar-refractivity contribution in [1.82, 2.24) is 19.3 Å². The fourth-order valence-corrected chi connectivity index (χ4v) is 1.69. The molecule has 2 rings (SSSR count). The molecule has 5 nitrogen and oxygen atoms in total. The van der Waals surface area contributed by atoms with Crippen LogP contribution >= 0.6 is 11.5 Å². The Morgan fingerprint density at radius 1 is 1.57 bits per heavy atom. The molecule has 2 N–H and O–H groups in total. The highest BCUT2D eigenvalue weighted by Gasteiger charge is 1.98. The van der Waals surface area contributed by atoms with Gasteiger partial charge in [-0.15, -0.1) is 0 Å². The standard InChI is InChI=1S/C8H11N5S/c1-6-12-8(14-13-6)10-3-2-7-4-9-5-11-7/h4-5H,2-3H2,1H3,(H,9,11)(H,10,12,13). The van der Waals surface area contributed by atoms with Gasteiger partial charge in [0.1, 0.15) is 5.82 Å². The van der Waals surface area contributed by atoms with Gasteiger partial charge in [-0.1, -0.05) is 0 Å². The van der Waals surface area contributed by atoms with Gasteiger partial charge in [0.2, 0.25) is 5.13 Å². The van der Waals surface area contributed by atoms with Crippen LogP contribution in [-0.4, -0.2) is 25.9 Å². The molecule has 0 radical (unpaired) electrons. The predicted octanol–water partition coefficient (Wildman–Crippen LogP) is 1.22. The Labute approximate surface area is 85.8 Å². The Morgan fingerprint density at radius 3 is 3.14 bits per heavy atom. The Bertz CT molecular complexity index is 380. The number of rotatable bonds is 4. The summed E-state index contributed by atoms with van der Waals surface area (Å²) in [5.41, 5.74) is 1.12. The van der Waals surface area contributed by atoms with Gasteiger partial charge in [0.15, 0.2) is 0 Å². The quantitative estimate of drug-likeness (QED) is 0.794.